The third-order valence-corrected chi connectivity index (χ3v) is 4.15. The second-order valence-corrected chi connectivity index (χ2v) is 5.83. The molecule has 0 saturated heterocycles. The van der Waals surface area contributed by atoms with Crippen molar-refractivity contribution in [3.8, 4) is 0 Å². The monoisotopic (exact) mass is 322 g/mol. The molecule has 0 saturated carbocycles. The highest BCUT2D eigenvalue weighted by Crippen LogP contribution is 2.23. The summed E-state index contributed by atoms with van der Waals surface area (Å²) in [5.74, 6) is 0.967. The van der Waals surface area contributed by atoms with Crippen LogP contribution in [0.3, 0.4) is 0 Å². The fourth-order valence-corrected chi connectivity index (χ4v) is 2.87. The Hall–Kier alpha value is -0.840. The molecule has 0 aliphatic rings. The largest absolute Gasteiger partial charge is 0.312 e. The summed E-state index contributed by atoms with van der Waals surface area (Å²) in [5.41, 5.74) is 1.31. The molecule has 1 heterocycles. The molecule has 18 heavy (non-hydrogen) atoms. The maximum atomic E-state index is 4.37. The van der Waals surface area contributed by atoms with Gasteiger partial charge in [-0.15, -0.1) is 11.8 Å². The molecule has 4 heteroatoms. The van der Waals surface area contributed by atoms with Gasteiger partial charge < -0.3 is 5.32 Å². The molecule has 0 spiro atoms. The fraction of sp³-hybridized carbons (Fsp3) is 0.214. The SMILES string of the molecule is CNC(CSc1ccc(Br)cn1)c1ccccc1. The molecule has 0 fully saturated rings. The zero-order chi connectivity index (χ0) is 12.8. The Morgan fingerprint density at radius 1 is 1.22 bits per heavy atom. The number of hydrogen-bond donors (Lipinski definition) is 1. The van der Waals surface area contributed by atoms with Gasteiger partial charge in [-0.1, -0.05) is 30.3 Å². The summed E-state index contributed by atoms with van der Waals surface area (Å²) >= 11 is 5.15. The molecule has 0 aliphatic heterocycles. The van der Waals surface area contributed by atoms with Crippen molar-refractivity contribution in [3.05, 3.63) is 58.7 Å². The molecule has 94 valence electrons. The lowest BCUT2D eigenvalue weighted by molar-refractivity contribution is 0.661. The van der Waals surface area contributed by atoms with Gasteiger partial charge in [0.1, 0.15) is 0 Å². The standard InChI is InChI=1S/C14H15BrN2S/c1-16-13(11-5-3-2-4-6-11)10-18-14-8-7-12(15)9-17-14/h2-9,13,16H,10H2,1H3. The molecule has 2 aromatic rings. The summed E-state index contributed by atoms with van der Waals surface area (Å²) in [6.45, 7) is 0. The van der Waals surface area contributed by atoms with Crippen LogP contribution in [-0.2, 0) is 0 Å². The Bertz CT molecular complexity index is 473. The van der Waals surface area contributed by atoms with Crippen molar-refractivity contribution in [1.82, 2.24) is 10.3 Å². The van der Waals surface area contributed by atoms with Gasteiger partial charge in [-0.25, -0.2) is 4.98 Å². The van der Waals surface area contributed by atoms with Crippen molar-refractivity contribution < 1.29 is 0 Å². The minimum atomic E-state index is 0.349. The molecule has 1 N–H and O–H groups in total. The fourth-order valence-electron chi connectivity index (χ4n) is 1.65. The smallest absolute Gasteiger partial charge is 0.0961 e. The first kappa shape index (κ1) is 13.6. The van der Waals surface area contributed by atoms with E-state index in [1.807, 2.05) is 31.4 Å². The van der Waals surface area contributed by atoms with Gasteiger partial charge in [0.25, 0.3) is 0 Å². The Balaban J connectivity index is 1.97. The maximum absolute atomic E-state index is 4.37. The van der Waals surface area contributed by atoms with E-state index in [2.05, 4.69) is 50.5 Å². The number of nitrogens with one attached hydrogen (secondary N) is 1. The van der Waals surface area contributed by atoms with Gasteiger partial charge in [-0.3, -0.25) is 0 Å². The number of nitrogens with zero attached hydrogens (tertiary/aromatic N) is 1. The van der Waals surface area contributed by atoms with Gasteiger partial charge in [0.15, 0.2) is 0 Å². The number of benzene rings is 1. The van der Waals surface area contributed by atoms with Crippen molar-refractivity contribution in [3.63, 3.8) is 0 Å². The van der Waals surface area contributed by atoms with Gasteiger partial charge in [-0.05, 0) is 40.7 Å². The normalized spacial score (nSPS) is 12.3. The number of rotatable bonds is 5. The lowest BCUT2D eigenvalue weighted by Crippen LogP contribution is -2.18. The lowest BCUT2D eigenvalue weighted by atomic mass is 10.1. The molecule has 0 amide bonds. The Labute approximate surface area is 120 Å². The van der Waals surface area contributed by atoms with Crippen LogP contribution in [0.15, 0.2) is 58.2 Å². The molecule has 2 rings (SSSR count). The van der Waals surface area contributed by atoms with Crippen molar-refractivity contribution >= 4 is 27.7 Å². The predicted octanol–water partition coefficient (Wildman–Crippen LogP) is 3.90. The predicted molar refractivity (Wildman–Crippen MR) is 80.9 cm³/mol. The van der Waals surface area contributed by atoms with Crippen LogP contribution in [0.1, 0.15) is 11.6 Å². The van der Waals surface area contributed by atoms with Gasteiger partial charge in [0.2, 0.25) is 0 Å². The number of halogens is 1. The van der Waals surface area contributed by atoms with Gasteiger partial charge in [0.05, 0.1) is 5.03 Å². The number of hydrogen-bond acceptors (Lipinski definition) is 3. The van der Waals surface area contributed by atoms with Crippen LogP contribution in [-0.4, -0.2) is 17.8 Å². The first-order valence-corrected chi connectivity index (χ1v) is 7.54. The summed E-state index contributed by atoms with van der Waals surface area (Å²) in [5, 5.41) is 4.39. The van der Waals surface area contributed by atoms with Gasteiger partial charge in [-0.2, -0.15) is 0 Å². The highest BCUT2D eigenvalue weighted by molar-refractivity contribution is 9.10. The van der Waals surface area contributed by atoms with Crippen LogP contribution >= 0.6 is 27.7 Å². The van der Waals surface area contributed by atoms with Crippen LogP contribution in [0.4, 0.5) is 0 Å². The topological polar surface area (TPSA) is 24.9 Å². The summed E-state index contributed by atoms with van der Waals surface area (Å²) < 4.78 is 1.01. The number of thioether (sulfide) groups is 1. The Morgan fingerprint density at radius 3 is 2.61 bits per heavy atom. The maximum Gasteiger partial charge on any atom is 0.0961 e. The van der Waals surface area contributed by atoms with Crippen molar-refractivity contribution in [2.75, 3.05) is 12.8 Å². The van der Waals surface area contributed by atoms with Crippen LogP contribution in [0.2, 0.25) is 0 Å². The molecular weight excluding hydrogens is 308 g/mol. The Morgan fingerprint density at radius 2 is 2.00 bits per heavy atom. The summed E-state index contributed by atoms with van der Waals surface area (Å²) in [6.07, 6.45) is 1.83. The highest BCUT2D eigenvalue weighted by Gasteiger charge is 2.09. The minimum Gasteiger partial charge on any atom is -0.312 e. The number of pyridine rings is 1. The van der Waals surface area contributed by atoms with E-state index in [1.165, 1.54) is 5.56 Å². The van der Waals surface area contributed by atoms with E-state index >= 15 is 0 Å². The van der Waals surface area contributed by atoms with Crippen molar-refractivity contribution in [2.24, 2.45) is 0 Å². The average Bonchev–Trinajstić information content (AvgIpc) is 2.43. The van der Waals surface area contributed by atoms with Crippen LogP contribution in [0, 0.1) is 0 Å². The van der Waals surface area contributed by atoms with E-state index in [1.54, 1.807) is 11.8 Å². The molecule has 0 aliphatic carbocycles. The Kier molecular flexibility index (Phi) is 5.23. The van der Waals surface area contributed by atoms with Crippen LogP contribution in [0.25, 0.3) is 0 Å². The summed E-state index contributed by atoms with van der Waals surface area (Å²) in [7, 11) is 1.99. The molecular formula is C14H15BrN2S. The lowest BCUT2D eigenvalue weighted by Gasteiger charge is -2.15. The van der Waals surface area contributed by atoms with Crippen molar-refractivity contribution in [2.45, 2.75) is 11.1 Å². The molecule has 1 aromatic carbocycles. The van der Waals surface area contributed by atoms with Gasteiger partial charge in [0, 0.05) is 22.5 Å². The third kappa shape index (κ3) is 3.83. The first-order chi connectivity index (χ1) is 8.79. The van der Waals surface area contributed by atoms with E-state index in [4.69, 9.17) is 0 Å². The second-order valence-electron chi connectivity index (χ2n) is 3.88. The summed E-state index contributed by atoms with van der Waals surface area (Å²) in [4.78, 5) is 4.37. The van der Waals surface area contributed by atoms with Crippen LogP contribution < -0.4 is 5.32 Å². The highest BCUT2D eigenvalue weighted by atomic mass is 79.9. The average molecular weight is 323 g/mol. The molecule has 2 nitrogen and oxygen atoms in total. The first-order valence-electron chi connectivity index (χ1n) is 5.76. The second kappa shape index (κ2) is 6.92. The molecule has 1 atom stereocenters. The van der Waals surface area contributed by atoms with E-state index < -0.39 is 0 Å². The minimum absolute atomic E-state index is 0.349. The van der Waals surface area contributed by atoms with Gasteiger partial charge >= 0.3 is 0 Å². The zero-order valence-electron chi connectivity index (χ0n) is 10.1. The molecule has 1 aromatic heterocycles. The summed E-state index contributed by atoms with van der Waals surface area (Å²) in [6, 6.07) is 14.9. The zero-order valence-corrected chi connectivity index (χ0v) is 12.5. The van der Waals surface area contributed by atoms with E-state index in [0.29, 0.717) is 6.04 Å². The van der Waals surface area contributed by atoms with E-state index in [-0.39, 0.29) is 0 Å². The van der Waals surface area contributed by atoms with E-state index in [9.17, 15) is 0 Å². The third-order valence-electron chi connectivity index (χ3n) is 2.65. The molecule has 1 unspecified atom stereocenters. The van der Waals surface area contributed by atoms with E-state index in [0.717, 1.165) is 15.3 Å². The van der Waals surface area contributed by atoms with Crippen LogP contribution in [0.5, 0.6) is 0 Å². The molecule has 0 bridgehead atoms. The molecule has 0 radical (unpaired) electrons. The quantitative estimate of drug-likeness (QED) is 0.845. The number of aromatic nitrogens is 1. The van der Waals surface area contributed by atoms with Crippen molar-refractivity contribution in [1.29, 1.82) is 0 Å².